The summed E-state index contributed by atoms with van der Waals surface area (Å²) < 4.78 is 0. The van der Waals surface area contributed by atoms with Crippen LogP contribution in [0.5, 0.6) is 0 Å². The van der Waals surface area contributed by atoms with E-state index in [2.05, 4.69) is 16.0 Å². The molecular formula is C18H22N2O. The third-order valence-corrected chi connectivity index (χ3v) is 5.34. The van der Waals surface area contributed by atoms with E-state index in [4.69, 9.17) is 0 Å². The normalized spacial score (nSPS) is 25.8. The molecule has 4 rings (SSSR count). The number of nitrogens with zero attached hydrogens (tertiary/aromatic N) is 1. The van der Waals surface area contributed by atoms with Gasteiger partial charge in [-0.2, -0.15) is 0 Å². The van der Waals surface area contributed by atoms with E-state index in [-0.39, 0.29) is 5.91 Å². The summed E-state index contributed by atoms with van der Waals surface area (Å²) in [7, 11) is 0. The Morgan fingerprint density at radius 3 is 2.76 bits per heavy atom. The van der Waals surface area contributed by atoms with E-state index in [1.807, 2.05) is 24.3 Å². The standard InChI is InChI=1S/C18H22N2O/c21-18(17-11-14-6-3-4-8-16(14)19-17)20-10-9-13-5-1-2-7-15(13)12-20/h3-4,6,8,11,13,15,19H,1-2,5,7,9-10,12H2/t13-,15+/m0/s1. The first-order chi connectivity index (χ1) is 10.3. The van der Waals surface area contributed by atoms with Crippen molar-refractivity contribution in [1.82, 2.24) is 9.88 Å². The molecule has 1 amide bonds. The molecule has 2 aromatic rings. The molecule has 1 aromatic carbocycles. The zero-order chi connectivity index (χ0) is 14.2. The average molecular weight is 282 g/mol. The van der Waals surface area contributed by atoms with Crippen LogP contribution in [0.3, 0.4) is 0 Å². The van der Waals surface area contributed by atoms with Gasteiger partial charge < -0.3 is 9.88 Å². The maximum absolute atomic E-state index is 12.7. The quantitative estimate of drug-likeness (QED) is 0.848. The predicted octanol–water partition coefficient (Wildman–Crippen LogP) is 3.82. The minimum Gasteiger partial charge on any atom is -0.351 e. The zero-order valence-corrected chi connectivity index (χ0v) is 12.3. The summed E-state index contributed by atoms with van der Waals surface area (Å²) in [6.45, 7) is 1.88. The molecule has 1 aromatic heterocycles. The third kappa shape index (κ3) is 2.35. The Labute approximate surface area is 125 Å². The molecule has 21 heavy (non-hydrogen) atoms. The highest BCUT2D eigenvalue weighted by molar-refractivity contribution is 5.98. The van der Waals surface area contributed by atoms with Gasteiger partial charge in [-0.1, -0.05) is 37.5 Å². The van der Waals surface area contributed by atoms with Gasteiger partial charge in [-0.25, -0.2) is 0 Å². The molecule has 0 unspecified atom stereocenters. The fourth-order valence-electron chi connectivity index (χ4n) is 4.14. The number of carbonyl (C=O) groups excluding carboxylic acids is 1. The van der Waals surface area contributed by atoms with E-state index in [0.29, 0.717) is 0 Å². The number of aromatic amines is 1. The topological polar surface area (TPSA) is 36.1 Å². The minimum atomic E-state index is 0.176. The number of benzene rings is 1. The number of hydrogen-bond donors (Lipinski definition) is 1. The molecule has 1 N–H and O–H groups in total. The molecule has 1 saturated carbocycles. The molecular weight excluding hydrogens is 260 g/mol. The number of aromatic nitrogens is 1. The molecule has 0 spiro atoms. The summed E-state index contributed by atoms with van der Waals surface area (Å²) in [5.74, 6) is 1.78. The van der Waals surface area contributed by atoms with Crippen molar-refractivity contribution in [3.8, 4) is 0 Å². The number of para-hydroxylation sites is 1. The third-order valence-electron chi connectivity index (χ3n) is 5.34. The molecule has 3 heteroatoms. The van der Waals surface area contributed by atoms with Gasteiger partial charge in [-0.3, -0.25) is 4.79 Å². The van der Waals surface area contributed by atoms with Gasteiger partial charge in [0.15, 0.2) is 0 Å². The van der Waals surface area contributed by atoms with Crippen LogP contribution in [0.4, 0.5) is 0 Å². The molecule has 2 atom stereocenters. The summed E-state index contributed by atoms with van der Waals surface area (Å²) in [6, 6.07) is 10.1. The predicted molar refractivity (Wildman–Crippen MR) is 84.3 cm³/mol. The second kappa shape index (κ2) is 5.21. The molecule has 2 heterocycles. The van der Waals surface area contributed by atoms with Crippen molar-refractivity contribution in [2.24, 2.45) is 11.8 Å². The van der Waals surface area contributed by atoms with Gasteiger partial charge in [-0.15, -0.1) is 0 Å². The van der Waals surface area contributed by atoms with Gasteiger partial charge in [-0.05, 0) is 36.8 Å². The maximum atomic E-state index is 12.7. The van der Waals surface area contributed by atoms with Gasteiger partial charge in [0.2, 0.25) is 0 Å². The van der Waals surface area contributed by atoms with Crippen LogP contribution in [0.2, 0.25) is 0 Å². The zero-order valence-electron chi connectivity index (χ0n) is 12.3. The van der Waals surface area contributed by atoms with Gasteiger partial charge in [0.05, 0.1) is 0 Å². The van der Waals surface area contributed by atoms with Crippen LogP contribution in [0.25, 0.3) is 10.9 Å². The Bertz CT molecular complexity index is 627. The van der Waals surface area contributed by atoms with E-state index in [0.717, 1.165) is 41.5 Å². The van der Waals surface area contributed by atoms with Crippen LogP contribution in [0.15, 0.2) is 30.3 Å². The highest BCUT2D eigenvalue weighted by atomic mass is 16.2. The Kier molecular flexibility index (Phi) is 3.21. The summed E-state index contributed by atoms with van der Waals surface area (Å²) in [5.41, 5.74) is 1.79. The average Bonchev–Trinajstić information content (AvgIpc) is 2.97. The lowest BCUT2D eigenvalue weighted by atomic mass is 9.75. The molecule has 0 radical (unpaired) electrons. The summed E-state index contributed by atoms with van der Waals surface area (Å²) >= 11 is 0. The van der Waals surface area contributed by atoms with Gasteiger partial charge >= 0.3 is 0 Å². The fourth-order valence-corrected chi connectivity index (χ4v) is 4.14. The Morgan fingerprint density at radius 1 is 1.10 bits per heavy atom. The second-order valence-electron chi connectivity index (χ2n) is 6.61. The van der Waals surface area contributed by atoms with Crippen molar-refractivity contribution in [2.45, 2.75) is 32.1 Å². The first-order valence-corrected chi connectivity index (χ1v) is 8.18. The largest absolute Gasteiger partial charge is 0.351 e. The lowest BCUT2D eigenvalue weighted by Gasteiger charge is -2.41. The molecule has 3 nitrogen and oxygen atoms in total. The van der Waals surface area contributed by atoms with Crippen LogP contribution in [-0.2, 0) is 0 Å². The smallest absolute Gasteiger partial charge is 0.270 e. The van der Waals surface area contributed by atoms with E-state index in [1.165, 1.54) is 32.1 Å². The highest BCUT2D eigenvalue weighted by Crippen LogP contribution is 2.36. The Morgan fingerprint density at radius 2 is 1.90 bits per heavy atom. The van der Waals surface area contributed by atoms with E-state index in [1.54, 1.807) is 0 Å². The Balaban J connectivity index is 1.54. The van der Waals surface area contributed by atoms with Crippen molar-refractivity contribution in [2.75, 3.05) is 13.1 Å². The summed E-state index contributed by atoms with van der Waals surface area (Å²) in [4.78, 5) is 18.1. The first kappa shape index (κ1) is 12.9. The van der Waals surface area contributed by atoms with E-state index < -0.39 is 0 Å². The lowest BCUT2D eigenvalue weighted by molar-refractivity contribution is 0.0516. The summed E-state index contributed by atoms with van der Waals surface area (Å²) in [6.07, 6.45) is 6.60. The van der Waals surface area contributed by atoms with Crippen molar-refractivity contribution < 1.29 is 4.79 Å². The maximum Gasteiger partial charge on any atom is 0.270 e. The number of hydrogen-bond acceptors (Lipinski definition) is 1. The number of fused-ring (bicyclic) bond motifs is 2. The van der Waals surface area contributed by atoms with Crippen LogP contribution >= 0.6 is 0 Å². The number of likely N-dealkylation sites (tertiary alicyclic amines) is 1. The van der Waals surface area contributed by atoms with Crippen molar-refractivity contribution in [3.05, 3.63) is 36.0 Å². The molecule has 110 valence electrons. The monoisotopic (exact) mass is 282 g/mol. The highest BCUT2D eigenvalue weighted by Gasteiger charge is 2.33. The number of H-pyrrole nitrogens is 1. The second-order valence-corrected chi connectivity index (χ2v) is 6.61. The molecule has 2 aliphatic rings. The van der Waals surface area contributed by atoms with E-state index in [9.17, 15) is 4.79 Å². The van der Waals surface area contributed by atoms with Gasteiger partial charge in [0.25, 0.3) is 5.91 Å². The summed E-state index contributed by atoms with van der Waals surface area (Å²) in [5, 5.41) is 1.12. The first-order valence-electron chi connectivity index (χ1n) is 8.18. The molecule has 1 aliphatic carbocycles. The minimum absolute atomic E-state index is 0.176. The van der Waals surface area contributed by atoms with Crippen LogP contribution in [0, 0.1) is 11.8 Å². The number of amides is 1. The van der Waals surface area contributed by atoms with E-state index >= 15 is 0 Å². The fraction of sp³-hybridized carbons (Fsp3) is 0.500. The molecule has 0 bridgehead atoms. The Hall–Kier alpha value is -1.77. The lowest BCUT2D eigenvalue weighted by Crippen LogP contribution is -2.44. The molecule has 1 aliphatic heterocycles. The van der Waals surface area contributed by atoms with Crippen molar-refractivity contribution >= 4 is 16.8 Å². The van der Waals surface area contributed by atoms with Crippen molar-refractivity contribution in [1.29, 1.82) is 0 Å². The van der Waals surface area contributed by atoms with Crippen LogP contribution in [-0.4, -0.2) is 28.9 Å². The van der Waals surface area contributed by atoms with Crippen molar-refractivity contribution in [3.63, 3.8) is 0 Å². The number of rotatable bonds is 1. The SMILES string of the molecule is O=C(c1cc2ccccc2[nH]1)N1CC[C@@H]2CCCC[C@@H]2C1. The molecule has 1 saturated heterocycles. The van der Waals surface area contributed by atoms with Crippen LogP contribution < -0.4 is 0 Å². The number of nitrogens with one attached hydrogen (secondary N) is 1. The van der Waals surface area contributed by atoms with Gasteiger partial charge in [0.1, 0.15) is 5.69 Å². The number of carbonyl (C=O) groups is 1. The molecule has 2 fully saturated rings. The van der Waals surface area contributed by atoms with Gasteiger partial charge in [0, 0.05) is 24.0 Å². The van der Waals surface area contributed by atoms with Crippen LogP contribution in [0.1, 0.15) is 42.6 Å². The number of piperidine rings is 1.